The van der Waals surface area contributed by atoms with E-state index in [2.05, 4.69) is 10.3 Å². The first-order chi connectivity index (χ1) is 7.76. The minimum Gasteiger partial charge on any atom is -0.213 e. The molecule has 2 rings (SSSR count). The van der Waals surface area contributed by atoms with Crippen LogP contribution in [-0.4, -0.2) is 15.0 Å². The van der Waals surface area contributed by atoms with Crippen molar-refractivity contribution in [2.75, 3.05) is 0 Å². The molecule has 16 heavy (non-hydrogen) atoms. The fraction of sp³-hybridized carbons (Fsp3) is 0.100. The molecule has 0 saturated carbocycles. The molecule has 1 aromatic carbocycles. The maximum Gasteiger partial charge on any atom is 0.150 e. The summed E-state index contributed by atoms with van der Waals surface area (Å²) in [5, 5.41) is 16.0. The third-order valence-corrected chi connectivity index (χ3v) is 2.34. The fourth-order valence-corrected chi connectivity index (χ4v) is 1.48. The minimum absolute atomic E-state index is 0.187. The molecule has 0 saturated heterocycles. The summed E-state index contributed by atoms with van der Waals surface area (Å²) < 4.78 is 14.9. The Morgan fingerprint density at radius 3 is 2.94 bits per heavy atom. The lowest BCUT2D eigenvalue weighted by molar-refractivity contribution is 0.604. The summed E-state index contributed by atoms with van der Waals surface area (Å²) in [5.41, 5.74) is 1.08. The largest absolute Gasteiger partial charge is 0.213 e. The summed E-state index contributed by atoms with van der Waals surface area (Å²) in [4.78, 5) is 0. The summed E-state index contributed by atoms with van der Waals surface area (Å²) in [7, 11) is 0. The molecule has 2 aromatic rings. The van der Waals surface area contributed by atoms with Crippen molar-refractivity contribution in [3.05, 3.63) is 41.5 Å². The van der Waals surface area contributed by atoms with Crippen molar-refractivity contribution in [2.45, 2.75) is 5.88 Å². The zero-order valence-electron chi connectivity index (χ0n) is 8.06. The van der Waals surface area contributed by atoms with Gasteiger partial charge < -0.3 is 0 Å². The van der Waals surface area contributed by atoms with Crippen molar-refractivity contribution < 1.29 is 4.39 Å². The Morgan fingerprint density at radius 2 is 2.31 bits per heavy atom. The van der Waals surface area contributed by atoms with E-state index in [1.54, 1.807) is 0 Å². The van der Waals surface area contributed by atoms with Gasteiger partial charge in [-0.1, -0.05) is 5.21 Å². The molecule has 0 N–H and O–H groups in total. The molecule has 0 bridgehead atoms. The van der Waals surface area contributed by atoms with Gasteiger partial charge in [-0.15, -0.1) is 16.7 Å². The average molecular weight is 237 g/mol. The van der Waals surface area contributed by atoms with Gasteiger partial charge in [0.2, 0.25) is 0 Å². The summed E-state index contributed by atoms with van der Waals surface area (Å²) >= 11 is 5.66. The second-order valence-corrected chi connectivity index (χ2v) is 3.32. The van der Waals surface area contributed by atoms with Crippen molar-refractivity contribution >= 4 is 11.6 Å². The minimum atomic E-state index is -0.532. The molecule has 6 heteroatoms. The molecule has 1 heterocycles. The van der Waals surface area contributed by atoms with E-state index in [9.17, 15) is 4.39 Å². The van der Waals surface area contributed by atoms with Crippen LogP contribution in [-0.2, 0) is 5.88 Å². The number of hydrogen-bond donors (Lipinski definition) is 0. The van der Waals surface area contributed by atoms with Crippen LogP contribution in [0.5, 0.6) is 0 Å². The summed E-state index contributed by atoms with van der Waals surface area (Å²) in [6, 6.07) is 5.99. The highest BCUT2D eigenvalue weighted by Crippen LogP contribution is 2.16. The molecule has 0 amide bonds. The Kier molecular flexibility index (Phi) is 2.84. The van der Waals surface area contributed by atoms with Crippen LogP contribution in [0.4, 0.5) is 4.39 Å². The van der Waals surface area contributed by atoms with Crippen molar-refractivity contribution in [3.8, 4) is 11.8 Å². The van der Waals surface area contributed by atoms with Gasteiger partial charge in [-0.3, -0.25) is 0 Å². The molecular formula is C10H6ClFN4. The highest BCUT2D eigenvalue weighted by Gasteiger charge is 2.10. The maximum absolute atomic E-state index is 13.6. The predicted molar refractivity (Wildman–Crippen MR) is 55.6 cm³/mol. The summed E-state index contributed by atoms with van der Waals surface area (Å²) in [5.74, 6) is -0.345. The molecule has 1 aromatic heterocycles. The fourth-order valence-electron chi connectivity index (χ4n) is 1.30. The maximum atomic E-state index is 13.6. The van der Waals surface area contributed by atoms with Gasteiger partial charge >= 0.3 is 0 Å². The standard InChI is InChI=1S/C10H6ClFN4/c11-4-8-6-14-15-16(8)10-2-1-7(5-13)3-9(10)12/h1-3,6H,4H2. The quantitative estimate of drug-likeness (QED) is 0.750. The zero-order chi connectivity index (χ0) is 11.5. The average Bonchev–Trinajstić information content (AvgIpc) is 2.76. The number of halogens is 2. The first kappa shape index (κ1) is 10.6. The molecule has 0 aliphatic rings. The number of nitriles is 1. The first-order valence-electron chi connectivity index (χ1n) is 4.42. The number of alkyl halides is 1. The summed E-state index contributed by atoms with van der Waals surface area (Å²) in [6.07, 6.45) is 1.46. The monoisotopic (exact) mass is 236 g/mol. The van der Waals surface area contributed by atoms with E-state index in [0.29, 0.717) is 5.69 Å². The second-order valence-electron chi connectivity index (χ2n) is 3.05. The third-order valence-electron chi connectivity index (χ3n) is 2.06. The van der Waals surface area contributed by atoms with Crippen LogP contribution >= 0.6 is 11.6 Å². The van der Waals surface area contributed by atoms with Gasteiger partial charge in [0.05, 0.1) is 29.4 Å². The van der Waals surface area contributed by atoms with Crippen molar-refractivity contribution in [1.82, 2.24) is 15.0 Å². The zero-order valence-corrected chi connectivity index (χ0v) is 8.82. The molecule has 0 fully saturated rings. The molecule has 0 aliphatic carbocycles. The lowest BCUT2D eigenvalue weighted by Gasteiger charge is -2.05. The van der Waals surface area contributed by atoms with Crippen LogP contribution in [0.3, 0.4) is 0 Å². The SMILES string of the molecule is N#Cc1ccc(-n2nncc2CCl)c(F)c1. The molecular weight excluding hydrogens is 231 g/mol. The molecule has 0 spiro atoms. The third kappa shape index (κ3) is 1.75. The van der Waals surface area contributed by atoms with E-state index < -0.39 is 5.82 Å². The Labute approximate surface area is 95.9 Å². The van der Waals surface area contributed by atoms with Crippen LogP contribution in [0.2, 0.25) is 0 Å². The normalized spacial score (nSPS) is 10.1. The van der Waals surface area contributed by atoms with Crippen LogP contribution < -0.4 is 0 Å². The number of hydrogen-bond acceptors (Lipinski definition) is 3. The van der Waals surface area contributed by atoms with Gasteiger partial charge in [0.25, 0.3) is 0 Å². The first-order valence-corrected chi connectivity index (χ1v) is 4.95. The highest BCUT2D eigenvalue weighted by atomic mass is 35.5. The molecule has 80 valence electrons. The molecule has 0 atom stereocenters. The predicted octanol–water partition coefficient (Wildman–Crippen LogP) is 2.02. The van der Waals surface area contributed by atoms with E-state index in [0.717, 1.165) is 6.07 Å². The topological polar surface area (TPSA) is 54.5 Å². The van der Waals surface area contributed by atoms with Crippen molar-refractivity contribution in [1.29, 1.82) is 5.26 Å². The molecule has 0 aliphatic heterocycles. The Hall–Kier alpha value is -1.93. The number of aromatic nitrogens is 3. The van der Waals surface area contributed by atoms with Crippen LogP contribution in [0, 0.1) is 17.1 Å². The molecule has 4 nitrogen and oxygen atoms in total. The Balaban J connectivity index is 2.53. The summed E-state index contributed by atoms with van der Waals surface area (Å²) in [6.45, 7) is 0. The molecule has 0 unspecified atom stereocenters. The smallest absolute Gasteiger partial charge is 0.150 e. The van der Waals surface area contributed by atoms with Gasteiger partial charge in [0.15, 0.2) is 0 Å². The van der Waals surface area contributed by atoms with Gasteiger partial charge in [0.1, 0.15) is 11.5 Å². The van der Waals surface area contributed by atoms with Crippen molar-refractivity contribution in [3.63, 3.8) is 0 Å². The number of nitrogens with zero attached hydrogens (tertiary/aromatic N) is 4. The van der Waals surface area contributed by atoms with Crippen LogP contribution in [0.1, 0.15) is 11.3 Å². The van der Waals surface area contributed by atoms with Crippen molar-refractivity contribution in [2.24, 2.45) is 0 Å². The Bertz CT molecular complexity index is 558. The Morgan fingerprint density at radius 1 is 1.50 bits per heavy atom. The number of rotatable bonds is 2. The van der Waals surface area contributed by atoms with E-state index in [1.165, 1.54) is 23.0 Å². The van der Waals surface area contributed by atoms with E-state index in [4.69, 9.17) is 16.9 Å². The lowest BCUT2D eigenvalue weighted by Crippen LogP contribution is -2.03. The van der Waals surface area contributed by atoms with Gasteiger partial charge in [-0.05, 0) is 18.2 Å². The highest BCUT2D eigenvalue weighted by molar-refractivity contribution is 6.16. The number of benzene rings is 1. The van der Waals surface area contributed by atoms with E-state index >= 15 is 0 Å². The van der Waals surface area contributed by atoms with E-state index in [1.807, 2.05) is 6.07 Å². The van der Waals surface area contributed by atoms with E-state index in [-0.39, 0.29) is 17.1 Å². The van der Waals surface area contributed by atoms with Gasteiger partial charge in [-0.25, -0.2) is 9.07 Å². The van der Waals surface area contributed by atoms with Gasteiger partial charge in [-0.2, -0.15) is 5.26 Å². The lowest BCUT2D eigenvalue weighted by atomic mass is 10.2. The second kappa shape index (κ2) is 4.29. The molecule has 0 radical (unpaired) electrons. The van der Waals surface area contributed by atoms with Crippen LogP contribution in [0.15, 0.2) is 24.4 Å². The van der Waals surface area contributed by atoms with Gasteiger partial charge in [0, 0.05) is 0 Å². The van der Waals surface area contributed by atoms with Crippen LogP contribution in [0.25, 0.3) is 5.69 Å².